The zero-order valence-corrected chi connectivity index (χ0v) is 18.8. The van der Waals surface area contributed by atoms with E-state index in [4.69, 9.17) is 27.9 Å². The van der Waals surface area contributed by atoms with E-state index >= 15 is 0 Å². The van der Waals surface area contributed by atoms with Gasteiger partial charge in [0, 0.05) is 29.7 Å². The summed E-state index contributed by atoms with van der Waals surface area (Å²) in [6, 6.07) is 21.6. The van der Waals surface area contributed by atoms with E-state index in [1.807, 2.05) is 54.6 Å². The van der Waals surface area contributed by atoms with Gasteiger partial charge in [-0.2, -0.15) is 0 Å². The molecule has 0 bridgehead atoms. The van der Waals surface area contributed by atoms with Crippen molar-refractivity contribution in [3.05, 3.63) is 88.4 Å². The first-order valence-corrected chi connectivity index (χ1v) is 11.1. The molecule has 1 saturated heterocycles. The first-order valence-electron chi connectivity index (χ1n) is 10.4. The van der Waals surface area contributed by atoms with E-state index in [9.17, 15) is 9.59 Å². The summed E-state index contributed by atoms with van der Waals surface area (Å²) in [5.74, 6) is 1.12. The number of hydrogen-bond donors (Lipinski definition) is 1. The lowest BCUT2D eigenvalue weighted by atomic mass is 9.95. The SMILES string of the molecule is O=C(Nc1ccc(Oc2ccccc2)cc1)C1CCN(C(=O)c2ccc(Cl)cc2Cl)CC1. The smallest absolute Gasteiger partial charge is 0.255 e. The third-order valence-corrected chi connectivity index (χ3v) is 5.96. The Morgan fingerprint density at radius 1 is 0.875 bits per heavy atom. The molecule has 0 unspecified atom stereocenters. The molecule has 0 aromatic heterocycles. The van der Waals surface area contributed by atoms with Crippen LogP contribution in [0.2, 0.25) is 10.0 Å². The highest BCUT2D eigenvalue weighted by Gasteiger charge is 2.28. The molecule has 3 aromatic carbocycles. The average Bonchev–Trinajstić information content (AvgIpc) is 2.81. The van der Waals surface area contributed by atoms with Gasteiger partial charge in [0.15, 0.2) is 0 Å². The Labute approximate surface area is 196 Å². The molecule has 0 radical (unpaired) electrons. The van der Waals surface area contributed by atoms with Crippen LogP contribution in [0.4, 0.5) is 5.69 Å². The molecule has 0 spiro atoms. The number of hydrogen-bond acceptors (Lipinski definition) is 3. The number of anilines is 1. The fraction of sp³-hybridized carbons (Fsp3) is 0.200. The van der Waals surface area contributed by atoms with Gasteiger partial charge in [0.05, 0.1) is 10.6 Å². The van der Waals surface area contributed by atoms with Crippen LogP contribution in [-0.2, 0) is 4.79 Å². The molecule has 1 aliphatic heterocycles. The number of amides is 2. The predicted molar refractivity (Wildman–Crippen MR) is 127 cm³/mol. The Hall–Kier alpha value is -3.02. The summed E-state index contributed by atoms with van der Waals surface area (Å²) < 4.78 is 5.77. The highest BCUT2D eigenvalue weighted by Crippen LogP contribution is 2.27. The molecular formula is C25H22Cl2N2O3. The summed E-state index contributed by atoms with van der Waals surface area (Å²) >= 11 is 12.1. The molecule has 4 rings (SSSR count). The van der Waals surface area contributed by atoms with Crippen LogP contribution in [0.1, 0.15) is 23.2 Å². The van der Waals surface area contributed by atoms with Crippen molar-refractivity contribution in [2.24, 2.45) is 5.92 Å². The molecular weight excluding hydrogens is 447 g/mol. The van der Waals surface area contributed by atoms with Crippen LogP contribution in [0.15, 0.2) is 72.8 Å². The Balaban J connectivity index is 1.29. The molecule has 0 saturated carbocycles. The van der Waals surface area contributed by atoms with Crippen molar-refractivity contribution in [3.8, 4) is 11.5 Å². The van der Waals surface area contributed by atoms with E-state index in [0.29, 0.717) is 53.0 Å². The quantitative estimate of drug-likeness (QED) is 0.479. The summed E-state index contributed by atoms with van der Waals surface area (Å²) in [5.41, 5.74) is 1.14. The molecule has 5 nitrogen and oxygen atoms in total. The molecule has 1 heterocycles. The minimum Gasteiger partial charge on any atom is -0.457 e. The molecule has 1 fully saturated rings. The lowest BCUT2D eigenvalue weighted by Gasteiger charge is -2.31. The van der Waals surface area contributed by atoms with Crippen molar-refractivity contribution in [2.45, 2.75) is 12.8 Å². The first-order chi connectivity index (χ1) is 15.5. The fourth-order valence-electron chi connectivity index (χ4n) is 3.65. The van der Waals surface area contributed by atoms with E-state index in [0.717, 1.165) is 5.75 Å². The van der Waals surface area contributed by atoms with Crippen molar-refractivity contribution >= 4 is 40.7 Å². The molecule has 32 heavy (non-hydrogen) atoms. The van der Waals surface area contributed by atoms with E-state index in [2.05, 4.69) is 5.32 Å². The van der Waals surface area contributed by atoms with Gasteiger partial charge in [-0.25, -0.2) is 0 Å². The van der Waals surface area contributed by atoms with Gasteiger partial charge in [0.2, 0.25) is 5.91 Å². The first kappa shape index (κ1) is 22.2. The van der Waals surface area contributed by atoms with Gasteiger partial charge in [-0.05, 0) is 67.4 Å². The molecule has 0 aliphatic carbocycles. The summed E-state index contributed by atoms with van der Waals surface area (Å²) in [6.45, 7) is 0.999. The number of carbonyl (C=O) groups excluding carboxylic acids is 2. The Kier molecular flexibility index (Phi) is 6.98. The largest absolute Gasteiger partial charge is 0.457 e. The number of para-hydroxylation sites is 1. The number of benzene rings is 3. The molecule has 2 amide bonds. The summed E-state index contributed by atoms with van der Waals surface area (Å²) in [4.78, 5) is 27.2. The van der Waals surface area contributed by atoms with Gasteiger partial charge in [0.25, 0.3) is 5.91 Å². The van der Waals surface area contributed by atoms with Crippen molar-refractivity contribution in [1.29, 1.82) is 0 Å². The summed E-state index contributed by atoms with van der Waals surface area (Å²) in [5, 5.41) is 3.78. The zero-order valence-electron chi connectivity index (χ0n) is 17.3. The molecule has 1 aliphatic rings. The minimum absolute atomic E-state index is 0.0432. The van der Waals surface area contributed by atoms with Crippen LogP contribution >= 0.6 is 23.2 Å². The lowest BCUT2D eigenvalue weighted by Crippen LogP contribution is -2.41. The highest BCUT2D eigenvalue weighted by molar-refractivity contribution is 6.36. The maximum Gasteiger partial charge on any atom is 0.255 e. The van der Waals surface area contributed by atoms with E-state index in [1.165, 1.54) is 0 Å². The average molecular weight is 469 g/mol. The van der Waals surface area contributed by atoms with Crippen molar-refractivity contribution in [1.82, 2.24) is 4.90 Å². The van der Waals surface area contributed by atoms with E-state index in [-0.39, 0.29) is 17.7 Å². The number of nitrogens with zero attached hydrogens (tertiary/aromatic N) is 1. The number of ether oxygens (including phenoxy) is 1. The minimum atomic E-state index is -0.153. The Morgan fingerprint density at radius 2 is 1.53 bits per heavy atom. The normalized spacial score (nSPS) is 14.1. The number of nitrogens with one attached hydrogen (secondary N) is 1. The lowest BCUT2D eigenvalue weighted by molar-refractivity contribution is -0.121. The molecule has 0 atom stereocenters. The van der Waals surface area contributed by atoms with Crippen LogP contribution in [0.5, 0.6) is 11.5 Å². The van der Waals surface area contributed by atoms with Gasteiger partial charge in [0.1, 0.15) is 11.5 Å². The highest BCUT2D eigenvalue weighted by atomic mass is 35.5. The van der Waals surface area contributed by atoms with Gasteiger partial charge >= 0.3 is 0 Å². The van der Waals surface area contributed by atoms with Crippen LogP contribution < -0.4 is 10.1 Å². The second-order valence-electron chi connectivity index (χ2n) is 7.62. The topological polar surface area (TPSA) is 58.6 Å². The monoisotopic (exact) mass is 468 g/mol. The summed E-state index contributed by atoms with van der Waals surface area (Å²) in [6.07, 6.45) is 1.19. The van der Waals surface area contributed by atoms with Gasteiger partial charge < -0.3 is 15.0 Å². The van der Waals surface area contributed by atoms with Crippen molar-refractivity contribution in [2.75, 3.05) is 18.4 Å². The number of rotatable bonds is 5. The molecule has 7 heteroatoms. The van der Waals surface area contributed by atoms with Crippen molar-refractivity contribution < 1.29 is 14.3 Å². The van der Waals surface area contributed by atoms with Gasteiger partial charge in [-0.15, -0.1) is 0 Å². The molecule has 3 aromatic rings. The van der Waals surface area contributed by atoms with Crippen molar-refractivity contribution in [3.63, 3.8) is 0 Å². The van der Waals surface area contributed by atoms with Crippen LogP contribution in [0, 0.1) is 5.92 Å². The second kappa shape index (κ2) is 10.1. The number of halogens is 2. The Morgan fingerprint density at radius 3 is 2.19 bits per heavy atom. The van der Waals surface area contributed by atoms with Crippen LogP contribution in [0.3, 0.4) is 0 Å². The van der Waals surface area contributed by atoms with E-state index < -0.39 is 0 Å². The second-order valence-corrected chi connectivity index (χ2v) is 8.46. The fourth-order valence-corrected chi connectivity index (χ4v) is 4.14. The Bertz CT molecular complexity index is 1100. The third-order valence-electron chi connectivity index (χ3n) is 5.42. The molecule has 164 valence electrons. The number of likely N-dealkylation sites (tertiary alicyclic amines) is 1. The number of carbonyl (C=O) groups is 2. The maximum absolute atomic E-state index is 12.7. The maximum atomic E-state index is 12.7. The van der Waals surface area contributed by atoms with Gasteiger partial charge in [-0.3, -0.25) is 9.59 Å². The molecule has 1 N–H and O–H groups in total. The van der Waals surface area contributed by atoms with Gasteiger partial charge in [-0.1, -0.05) is 41.4 Å². The van der Waals surface area contributed by atoms with Crippen LogP contribution in [0.25, 0.3) is 0 Å². The van der Waals surface area contributed by atoms with Crippen LogP contribution in [-0.4, -0.2) is 29.8 Å². The van der Waals surface area contributed by atoms with E-state index in [1.54, 1.807) is 23.1 Å². The standard InChI is InChI=1S/C25H22Cl2N2O3/c26-18-6-11-22(23(27)16-18)25(31)29-14-12-17(13-15-29)24(30)28-19-7-9-21(10-8-19)32-20-4-2-1-3-5-20/h1-11,16-17H,12-15H2,(H,28,30). The predicted octanol–water partition coefficient (Wildman–Crippen LogP) is 6.28. The number of piperidine rings is 1. The third kappa shape index (κ3) is 5.42. The summed E-state index contributed by atoms with van der Waals surface area (Å²) in [7, 11) is 0. The zero-order chi connectivity index (χ0) is 22.5.